The predicted molar refractivity (Wildman–Crippen MR) is 89.1 cm³/mol. The van der Waals surface area contributed by atoms with Gasteiger partial charge in [0.25, 0.3) is 5.88 Å². The quantitative estimate of drug-likeness (QED) is 0.634. The van der Waals surface area contributed by atoms with E-state index in [0.29, 0.717) is 11.5 Å². The van der Waals surface area contributed by atoms with E-state index in [1.165, 1.54) is 0 Å². The first-order valence-electron chi connectivity index (χ1n) is 6.43. The summed E-state index contributed by atoms with van der Waals surface area (Å²) in [5, 5.41) is 0. The molecule has 0 spiro atoms. The van der Waals surface area contributed by atoms with E-state index in [1.54, 1.807) is 13.3 Å². The molecule has 0 aliphatic rings. The van der Waals surface area contributed by atoms with E-state index in [0.717, 1.165) is 28.3 Å². The summed E-state index contributed by atoms with van der Waals surface area (Å²) < 4.78 is 12.6. The number of halogens is 1. The first-order valence-corrected chi connectivity index (χ1v) is 7.31. The molecule has 0 amide bonds. The zero-order valence-electron chi connectivity index (χ0n) is 11.9. The van der Waals surface area contributed by atoms with Crippen molar-refractivity contribution in [1.29, 1.82) is 0 Å². The second-order valence-electron chi connectivity index (χ2n) is 4.73. The van der Waals surface area contributed by atoms with Crippen molar-refractivity contribution in [3.05, 3.63) is 41.9 Å². The molecule has 0 atom stereocenters. The molecule has 0 unspecified atom stereocenters. The van der Waals surface area contributed by atoms with Gasteiger partial charge in [-0.25, -0.2) is 9.97 Å². The molecule has 0 bridgehead atoms. The van der Waals surface area contributed by atoms with Crippen LogP contribution in [0.25, 0.3) is 16.9 Å². The molecule has 5 nitrogen and oxygen atoms in total. The second kappa shape index (κ2) is 5.51. The Labute approximate surface area is 136 Å². The lowest BCUT2D eigenvalue weighted by Gasteiger charge is -2.14. The van der Waals surface area contributed by atoms with Gasteiger partial charge in [-0.05, 0) is 37.6 Å². The third-order valence-corrected chi connectivity index (χ3v) is 3.93. The summed E-state index contributed by atoms with van der Waals surface area (Å²) in [4.78, 5) is 8.84. The smallest absolute Gasteiger partial charge is 0.258 e. The van der Waals surface area contributed by atoms with Gasteiger partial charge in [0.2, 0.25) is 5.65 Å². The summed E-state index contributed by atoms with van der Waals surface area (Å²) in [5.41, 5.74) is 4.84. The van der Waals surface area contributed by atoms with Gasteiger partial charge in [-0.15, -0.1) is 0 Å². The highest BCUT2D eigenvalue weighted by Gasteiger charge is 2.16. The highest BCUT2D eigenvalue weighted by atomic mass is 127. The minimum Gasteiger partial charge on any atom is -0.478 e. The first kappa shape index (κ1) is 14.1. The van der Waals surface area contributed by atoms with Crippen molar-refractivity contribution in [2.75, 3.05) is 7.11 Å². The van der Waals surface area contributed by atoms with E-state index in [2.05, 4.69) is 16.9 Å². The molecule has 0 saturated carbocycles. The molecule has 0 aliphatic heterocycles. The van der Waals surface area contributed by atoms with Crippen LogP contribution in [0.1, 0.15) is 11.3 Å². The monoisotopic (exact) mass is 395 g/mol. The number of hydrogen-bond acceptors (Lipinski definition) is 4. The molecule has 3 aromatic rings. The molecule has 0 aliphatic carbocycles. The van der Waals surface area contributed by atoms with Crippen molar-refractivity contribution in [3.63, 3.8) is 0 Å². The number of aromatic nitrogens is 3. The maximum atomic E-state index is 5.31. The van der Waals surface area contributed by atoms with Gasteiger partial charge in [-0.2, -0.15) is 0 Å². The van der Waals surface area contributed by atoms with Crippen LogP contribution >= 0.6 is 23.0 Å². The van der Waals surface area contributed by atoms with Crippen LogP contribution in [0.5, 0.6) is 11.6 Å². The molecule has 2 aromatic heterocycles. The number of nitrogens with zero attached hydrogens (tertiary/aromatic N) is 3. The van der Waals surface area contributed by atoms with Crippen LogP contribution < -0.4 is 7.80 Å². The van der Waals surface area contributed by atoms with E-state index >= 15 is 0 Å². The normalized spacial score (nSPS) is 10.9. The Morgan fingerprint density at radius 2 is 2.05 bits per heavy atom. The molecule has 21 heavy (non-hydrogen) atoms. The van der Waals surface area contributed by atoms with Crippen LogP contribution in [-0.2, 0) is 0 Å². The van der Waals surface area contributed by atoms with Gasteiger partial charge >= 0.3 is 0 Å². The van der Waals surface area contributed by atoms with Gasteiger partial charge in [-0.1, -0.05) is 0 Å². The SMILES string of the molecule is COc1nc(C)c(-c2ccc(OI)cc2C)n2ccnc12. The highest BCUT2D eigenvalue weighted by molar-refractivity contribution is 14.1. The van der Waals surface area contributed by atoms with Gasteiger partial charge in [0.05, 0.1) is 18.5 Å². The van der Waals surface area contributed by atoms with Crippen molar-refractivity contribution < 1.29 is 7.80 Å². The molecule has 0 radical (unpaired) electrons. The average molecular weight is 395 g/mol. The van der Waals surface area contributed by atoms with Crippen molar-refractivity contribution in [3.8, 4) is 22.9 Å². The van der Waals surface area contributed by atoms with Gasteiger partial charge in [0.1, 0.15) is 5.75 Å². The fourth-order valence-electron chi connectivity index (χ4n) is 2.48. The van der Waals surface area contributed by atoms with E-state index in [-0.39, 0.29) is 0 Å². The molecule has 6 heteroatoms. The van der Waals surface area contributed by atoms with Crippen molar-refractivity contribution in [2.45, 2.75) is 13.8 Å². The number of rotatable bonds is 3. The number of fused-ring (bicyclic) bond motifs is 1. The molecule has 3 rings (SSSR count). The Morgan fingerprint density at radius 1 is 1.24 bits per heavy atom. The first-order chi connectivity index (χ1) is 10.2. The van der Waals surface area contributed by atoms with E-state index in [1.807, 2.05) is 58.7 Å². The molecule has 1 aromatic carbocycles. The third kappa shape index (κ3) is 2.33. The molecular formula is C15H14IN3O2. The van der Waals surface area contributed by atoms with Gasteiger partial charge < -0.3 is 7.80 Å². The largest absolute Gasteiger partial charge is 0.478 e. The predicted octanol–water partition coefficient (Wildman–Crippen LogP) is 3.75. The second-order valence-corrected chi connectivity index (χ2v) is 5.17. The molecule has 108 valence electrons. The Morgan fingerprint density at radius 3 is 2.71 bits per heavy atom. The van der Waals surface area contributed by atoms with Crippen LogP contribution in [0.3, 0.4) is 0 Å². The summed E-state index contributed by atoms with van der Waals surface area (Å²) in [5.74, 6) is 1.36. The highest BCUT2D eigenvalue weighted by Crippen LogP contribution is 2.31. The maximum absolute atomic E-state index is 5.31. The number of imidazole rings is 1. The lowest BCUT2D eigenvalue weighted by Crippen LogP contribution is -2.02. The van der Waals surface area contributed by atoms with E-state index in [9.17, 15) is 0 Å². The molecular weight excluding hydrogens is 381 g/mol. The lowest BCUT2D eigenvalue weighted by molar-refractivity contribution is 0.399. The van der Waals surface area contributed by atoms with E-state index < -0.39 is 0 Å². The fraction of sp³-hybridized carbons (Fsp3) is 0.200. The third-order valence-electron chi connectivity index (χ3n) is 3.42. The number of hydrogen-bond donors (Lipinski definition) is 0. The van der Waals surface area contributed by atoms with E-state index in [4.69, 9.17) is 7.80 Å². The molecule has 0 N–H and O–H groups in total. The minimum atomic E-state index is 0.533. The summed E-state index contributed by atoms with van der Waals surface area (Å²) in [7, 11) is 1.61. The standard InChI is InChI=1S/C15H14IN3O2/c1-9-8-11(21-16)4-5-12(9)13-10(2)18-15(20-3)14-17-6-7-19(13)14/h4-8H,1-3H3. The zero-order valence-corrected chi connectivity index (χ0v) is 14.1. The summed E-state index contributed by atoms with van der Waals surface area (Å²) in [6, 6.07) is 5.99. The summed E-state index contributed by atoms with van der Waals surface area (Å²) >= 11 is 1.88. The number of ether oxygens (including phenoxy) is 1. The topological polar surface area (TPSA) is 48.7 Å². The number of methoxy groups -OCH3 is 1. The average Bonchev–Trinajstić information content (AvgIpc) is 2.96. The molecule has 0 saturated heterocycles. The van der Waals surface area contributed by atoms with Crippen LogP contribution in [0.15, 0.2) is 30.6 Å². The summed E-state index contributed by atoms with van der Waals surface area (Å²) in [6.07, 6.45) is 3.67. The Balaban J connectivity index is 2.30. The Kier molecular flexibility index (Phi) is 3.71. The fourth-order valence-corrected chi connectivity index (χ4v) is 2.76. The van der Waals surface area contributed by atoms with Crippen LogP contribution in [0, 0.1) is 13.8 Å². The maximum Gasteiger partial charge on any atom is 0.258 e. The summed E-state index contributed by atoms with van der Waals surface area (Å²) in [6.45, 7) is 4.03. The van der Waals surface area contributed by atoms with Crippen LogP contribution in [-0.4, -0.2) is 21.5 Å². The molecule has 0 fully saturated rings. The molecule has 2 heterocycles. The van der Waals surface area contributed by atoms with Gasteiger partial charge in [0.15, 0.2) is 23.0 Å². The lowest BCUT2D eigenvalue weighted by atomic mass is 10.0. The van der Waals surface area contributed by atoms with Crippen molar-refractivity contribution >= 4 is 28.7 Å². The van der Waals surface area contributed by atoms with Crippen molar-refractivity contribution in [2.24, 2.45) is 0 Å². The number of benzene rings is 1. The Bertz CT molecular complexity index is 814. The van der Waals surface area contributed by atoms with Crippen LogP contribution in [0.4, 0.5) is 0 Å². The van der Waals surface area contributed by atoms with Gasteiger partial charge in [0, 0.05) is 18.0 Å². The Hall–Kier alpha value is -1.83. The van der Waals surface area contributed by atoms with Crippen molar-refractivity contribution in [1.82, 2.24) is 14.4 Å². The van der Waals surface area contributed by atoms with Gasteiger partial charge in [-0.3, -0.25) is 4.40 Å². The number of aryl methyl sites for hydroxylation is 2. The minimum absolute atomic E-state index is 0.533. The zero-order chi connectivity index (χ0) is 15.0. The van der Waals surface area contributed by atoms with Crippen LogP contribution in [0.2, 0.25) is 0 Å².